The second-order valence-corrected chi connectivity index (χ2v) is 4.30. The minimum absolute atomic E-state index is 0.0386. The van der Waals surface area contributed by atoms with Crippen LogP contribution in [0.4, 0.5) is 18.9 Å². The largest absolute Gasteiger partial charge is 0.330 e. The number of nitrogens with one attached hydrogen (secondary N) is 1. The molecular formula is C12H15F3N2O. The molecule has 1 aromatic carbocycles. The smallest absolute Gasteiger partial charge is 0.229 e. The second-order valence-electron chi connectivity index (χ2n) is 4.30. The van der Waals surface area contributed by atoms with Gasteiger partial charge < -0.3 is 11.1 Å². The van der Waals surface area contributed by atoms with Gasteiger partial charge in [-0.15, -0.1) is 0 Å². The van der Waals surface area contributed by atoms with Crippen LogP contribution in [0.2, 0.25) is 0 Å². The van der Waals surface area contributed by atoms with Crippen molar-refractivity contribution in [3.8, 4) is 0 Å². The molecule has 3 nitrogen and oxygen atoms in total. The molecule has 0 saturated carbocycles. The molecule has 0 heterocycles. The normalized spacial score (nSPS) is 12.6. The van der Waals surface area contributed by atoms with Crippen LogP contribution in [0.1, 0.15) is 13.8 Å². The van der Waals surface area contributed by atoms with Crippen molar-refractivity contribution < 1.29 is 18.0 Å². The van der Waals surface area contributed by atoms with E-state index >= 15 is 0 Å². The Kier molecular flexibility index (Phi) is 4.72. The highest BCUT2D eigenvalue weighted by Crippen LogP contribution is 2.21. The number of benzene rings is 1. The number of nitrogens with two attached hydrogens (primary N) is 1. The first kappa shape index (κ1) is 14.5. The quantitative estimate of drug-likeness (QED) is 0.816. The number of hydrogen-bond donors (Lipinski definition) is 2. The average molecular weight is 260 g/mol. The van der Waals surface area contributed by atoms with Crippen molar-refractivity contribution in [3.63, 3.8) is 0 Å². The first-order chi connectivity index (χ1) is 8.38. The van der Waals surface area contributed by atoms with Gasteiger partial charge in [-0.3, -0.25) is 4.79 Å². The fraction of sp³-hybridized carbons (Fsp3) is 0.417. The van der Waals surface area contributed by atoms with Crippen LogP contribution in [0.3, 0.4) is 0 Å². The van der Waals surface area contributed by atoms with Gasteiger partial charge in [-0.2, -0.15) is 0 Å². The molecule has 6 heteroatoms. The molecule has 0 bridgehead atoms. The summed E-state index contributed by atoms with van der Waals surface area (Å²) in [5.41, 5.74) is 5.04. The Labute approximate surface area is 103 Å². The number of amides is 1. The number of rotatable bonds is 4. The van der Waals surface area contributed by atoms with Crippen LogP contribution in [-0.2, 0) is 4.79 Å². The van der Waals surface area contributed by atoms with Crippen molar-refractivity contribution in [2.24, 2.45) is 17.6 Å². The average Bonchev–Trinajstić information content (AvgIpc) is 2.30. The zero-order chi connectivity index (χ0) is 13.9. The first-order valence-corrected chi connectivity index (χ1v) is 5.52. The predicted molar refractivity (Wildman–Crippen MR) is 62.3 cm³/mol. The molecule has 0 saturated heterocycles. The van der Waals surface area contributed by atoms with Crippen LogP contribution in [0.5, 0.6) is 0 Å². The van der Waals surface area contributed by atoms with Gasteiger partial charge in [-0.1, -0.05) is 13.8 Å². The lowest BCUT2D eigenvalue weighted by Crippen LogP contribution is -2.33. The molecule has 0 aliphatic carbocycles. The Morgan fingerprint density at radius 2 is 1.89 bits per heavy atom. The molecule has 0 spiro atoms. The highest BCUT2D eigenvalue weighted by Gasteiger charge is 2.22. The molecule has 18 heavy (non-hydrogen) atoms. The van der Waals surface area contributed by atoms with E-state index in [9.17, 15) is 18.0 Å². The van der Waals surface area contributed by atoms with Crippen molar-refractivity contribution >= 4 is 11.6 Å². The molecule has 1 amide bonds. The van der Waals surface area contributed by atoms with Crippen LogP contribution < -0.4 is 11.1 Å². The van der Waals surface area contributed by atoms with E-state index in [0.717, 1.165) is 12.1 Å². The maximum Gasteiger partial charge on any atom is 0.229 e. The standard InChI is InChI=1S/C12H15F3N2O/c1-6(2)7(5-16)12(18)17-9-4-3-8(13)10(14)11(9)15/h3-4,6-7H,5,16H2,1-2H3,(H,17,18). The summed E-state index contributed by atoms with van der Waals surface area (Å²) in [6.07, 6.45) is 0. The monoisotopic (exact) mass is 260 g/mol. The molecule has 1 atom stereocenters. The van der Waals surface area contributed by atoms with Gasteiger partial charge in [0.25, 0.3) is 0 Å². The van der Waals surface area contributed by atoms with Gasteiger partial charge in [-0.25, -0.2) is 13.2 Å². The number of halogens is 3. The Bertz CT molecular complexity index is 449. The van der Waals surface area contributed by atoms with Gasteiger partial charge in [0.2, 0.25) is 5.91 Å². The van der Waals surface area contributed by atoms with Crippen molar-refractivity contribution in [3.05, 3.63) is 29.6 Å². The van der Waals surface area contributed by atoms with Crippen LogP contribution in [0, 0.1) is 29.3 Å². The third-order valence-corrected chi connectivity index (χ3v) is 2.69. The lowest BCUT2D eigenvalue weighted by atomic mass is 9.95. The number of carbonyl (C=O) groups is 1. The summed E-state index contributed by atoms with van der Waals surface area (Å²) in [7, 11) is 0. The number of anilines is 1. The molecule has 0 radical (unpaired) electrons. The molecule has 1 rings (SSSR count). The maximum atomic E-state index is 13.3. The number of carbonyl (C=O) groups excluding carboxylic acids is 1. The second kappa shape index (κ2) is 5.86. The molecule has 0 aliphatic rings. The van der Waals surface area contributed by atoms with Crippen molar-refractivity contribution in [1.29, 1.82) is 0 Å². The summed E-state index contributed by atoms with van der Waals surface area (Å²) < 4.78 is 39.0. The van der Waals surface area contributed by atoms with Gasteiger partial charge in [0.05, 0.1) is 11.6 Å². The lowest BCUT2D eigenvalue weighted by Gasteiger charge is -2.18. The van der Waals surface area contributed by atoms with Crippen molar-refractivity contribution in [2.75, 3.05) is 11.9 Å². The van der Waals surface area contributed by atoms with E-state index in [4.69, 9.17) is 5.73 Å². The summed E-state index contributed by atoms with van der Waals surface area (Å²) in [6.45, 7) is 3.67. The summed E-state index contributed by atoms with van der Waals surface area (Å²) >= 11 is 0. The predicted octanol–water partition coefficient (Wildman–Crippen LogP) is 2.27. The van der Waals surface area contributed by atoms with Gasteiger partial charge >= 0.3 is 0 Å². The Hall–Kier alpha value is -1.56. The Morgan fingerprint density at radius 3 is 2.39 bits per heavy atom. The lowest BCUT2D eigenvalue weighted by molar-refractivity contribution is -0.120. The third kappa shape index (κ3) is 3.01. The third-order valence-electron chi connectivity index (χ3n) is 2.69. The molecule has 100 valence electrons. The van der Waals surface area contributed by atoms with Crippen molar-refractivity contribution in [1.82, 2.24) is 0 Å². The zero-order valence-electron chi connectivity index (χ0n) is 10.1. The summed E-state index contributed by atoms with van der Waals surface area (Å²) in [5, 5.41) is 2.21. The fourth-order valence-corrected chi connectivity index (χ4v) is 1.53. The van der Waals surface area contributed by atoms with E-state index in [0.29, 0.717) is 0 Å². The molecule has 0 aliphatic heterocycles. The molecule has 0 fully saturated rings. The topological polar surface area (TPSA) is 55.1 Å². The highest BCUT2D eigenvalue weighted by atomic mass is 19.2. The van der Waals surface area contributed by atoms with E-state index in [1.807, 2.05) is 0 Å². The van der Waals surface area contributed by atoms with Gasteiger partial charge in [0.15, 0.2) is 17.5 Å². The van der Waals surface area contributed by atoms with Crippen LogP contribution in [0.25, 0.3) is 0 Å². The van der Waals surface area contributed by atoms with E-state index < -0.39 is 35.0 Å². The van der Waals surface area contributed by atoms with E-state index in [2.05, 4.69) is 5.32 Å². The highest BCUT2D eigenvalue weighted by molar-refractivity contribution is 5.93. The maximum absolute atomic E-state index is 13.3. The van der Waals surface area contributed by atoms with Crippen LogP contribution in [0.15, 0.2) is 12.1 Å². The Balaban J connectivity index is 2.92. The minimum Gasteiger partial charge on any atom is -0.330 e. The fourth-order valence-electron chi connectivity index (χ4n) is 1.53. The molecule has 1 unspecified atom stereocenters. The Morgan fingerprint density at radius 1 is 1.28 bits per heavy atom. The summed E-state index contributed by atoms with van der Waals surface area (Å²) in [5.74, 6) is -5.40. The van der Waals surface area contributed by atoms with Gasteiger partial charge in [0.1, 0.15) is 0 Å². The SMILES string of the molecule is CC(C)C(CN)C(=O)Nc1ccc(F)c(F)c1F. The minimum atomic E-state index is -1.61. The van der Waals surface area contributed by atoms with Gasteiger partial charge in [0, 0.05) is 6.54 Å². The zero-order valence-corrected chi connectivity index (χ0v) is 10.1. The van der Waals surface area contributed by atoms with Crippen LogP contribution >= 0.6 is 0 Å². The molecule has 0 aromatic heterocycles. The molecular weight excluding hydrogens is 245 g/mol. The summed E-state index contributed by atoms with van der Waals surface area (Å²) in [6, 6.07) is 1.72. The van der Waals surface area contributed by atoms with E-state index in [1.165, 1.54) is 0 Å². The molecule has 3 N–H and O–H groups in total. The molecule has 1 aromatic rings. The van der Waals surface area contributed by atoms with Crippen LogP contribution in [-0.4, -0.2) is 12.5 Å². The van der Waals surface area contributed by atoms with E-state index in [1.54, 1.807) is 13.8 Å². The first-order valence-electron chi connectivity index (χ1n) is 5.52. The van der Waals surface area contributed by atoms with Crippen molar-refractivity contribution in [2.45, 2.75) is 13.8 Å². The van der Waals surface area contributed by atoms with E-state index in [-0.39, 0.29) is 12.5 Å². The van der Waals surface area contributed by atoms with Gasteiger partial charge in [-0.05, 0) is 18.1 Å². The summed E-state index contributed by atoms with van der Waals surface area (Å²) in [4.78, 5) is 11.8. The number of hydrogen-bond acceptors (Lipinski definition) is 2.